The first-order chi connectivity index (χ1) is 17.5. The fourth-order valence-corrected chi connectivity index (χ4v) is 4.22. The SMILES string of the molecule is COc1cc(CCC(=O)NCCCCCC(=O)N2CCN(Cc3cccc(C=O)n3)CC2)ccc1O. The van der Waals surface area contributed by atoms with E-state index in [-0.39, 0.29) is 17.6 Å². The summed E-state index contributed by atoms with van der Waals surface area (Å²) in [5.41, 5.74) is 2.24. The quantitative estimate of drug-likeness (QED) is 0.324. The van der Waals surface area contributed by atoms with E-state index in [1.807, 2.05) is 17.0 Å². The molecule has 0 unspecified atom stereocenters. The number of piperazine rings is 1. The number of hydrogen-bond acceptors (Lipinski definition) is 7. The van der Waals surface area contributed by atoms with Crippen molar-refractivity contribution in [3.05, 3.63) is 53.3 Å². The predicted molar refractivity (Wildman–Crippen MR) is 136 cm³/mol. The van der Waals surface area contributed by atoms with Gasteiger partial charge >= 0.3 is 0 Å². The lowest BCUT2D eigenvalue weighted by Gasteiger charge is -2.34. The second-order valence-electron chi connectivity index (χ2n) is 9.00. The lowest BCUT2D eigenvalue weighted by atomic mass is 10.1. The summed E-state index contributed by atoms with van der Waals surface area (Å²) < 4.78 is 5.09. The Balaban J connectivity index is 1.23. The number of phenolic OH excluding ortho intramolecular Hbond substituents is 1. The third kappa shape index (κ3) is 8.64. The molecule has 2 aromatic rings. The van der Waals surface area contributed by atoms with Crippen LogP contribution in [0.2, 0.25) is 0 Å². The molecule has 0 radical (unpaired) electrons. The smallest absolute Gasteiger partial charge is 0.222 e. The second-order valence-corrected chi connectivity index (χ2v) is 9.00. The molecule has 0 atom stereocenters. The summed E-state index contributed by atoms with van der Waals surface area (Å²) in [5.74, 6) is 0.665. The van der Waals surface area contributed by atoms with E-state index < -0.39 is 0 Å². The van der Waals surface area contributed by atoms with Crippen LogP contribution < -0.4 is 10.1 Å². The van der Waals surface area contributed by atoms with E-state index in [0.29, 0.717) is 56.9 Å². The third-order valence-corrected chi connectivity index (χ3v) is 6.33. The lowest BCUT2D eigenvalue weighted by molar-refractivity contribution is -0.133. The molecule has 1 aliphatic rings. The van der Waals surface area contributed by atoms with Crippen LogP contribution in [-0.4, -0.2) is 77.8 Å². The molecule has 2 amide bonds. The highest BCUT2D eigenvalue weighted by Gasteiger charge is 2.21. The van der Waals surface area contributed by atoms with Crippen molar-refractivity contribution in [2.45, 2.75) is 45.1 Å². The maximum atomic E-state index is 12.5. The fraction of sp³-hybridized carbons (Fsp3) is 0.481. The minimum Gasteiger partial charge on any atom is -0.504 e. The van der Waals surface area contributed by atoms with Gasteiger partial charge < -0.3 is 20.1 Å². The number of phenols is 1. The summed E-state index contributed by atoms with van der Waals surface area (Å²) in [6.07, 6.45) is 4.77. The Bertz CT molecular complexity index is 1020. The first kappa shape index (κ1) is 27.1. The Kier molecular flexibility index (Phi) is 10.7. The van der Waals surface area contributed by atoms with Crippen molar-refractivity contribution in [1.82, 2.24) is 20.1 Å². The van der Waals surface area contributed by atoms with Gasteiger partial charge in [-0.05, 0) is 49.1 Å². The van der Waals surface area contributed by atoms with Crippen LogP contribution in [0.3, 0.4) is 0 Å². The highest BCUT2D eigenvalue weighted by atomic mass is 16.5. The molecule has 3 rings (SSSR count). The number of aromatic nitrogens is 1. The van der Waals surface area contributed by atoms with E-state index in [2.05, 4.69) is 15.2 Å². The van der Waals surface area contributed by atoms with Gasteiger partial charge in [0.05, 0.1) is 12.8 Å². The molecule has 9 heteroatoms. The highest BCUT2D eigenvalue weighted by molar-refractivity contribution is 5.76. The van der Waals surface area contributed by atoms with E-state index >= 15 is 0 Å². The van der Waals surface area contributed by atoms with E-state index in [0.717, 1.165) is 49.9 Å². The van der Waals surface area contributed by atoms with Crippen molar-refractivity contribution in [2.75, 3.05) is 39.8 Å². The van der Waals surface area contributed by atoms with Gasteiger partial charge in [-0.1, -0.05) is 18.6 Å². The number of pyridine rings is 1. The molecular weight excluding hydrogens is 460 g/mol. The molecule has 1 aliphatic heterocycles. The van der Waals surface area contributed by atoms with Crippen molar-refractivity contribution in [3.63, 3.8) is 0 Å². The van der Waals surface area contributed by atoms with Crippen molar-refractivity contribution in [2.24, 2.45) is 0 Å². The van der Waals surface area contributed by atoms with Crippen LogP contribution in [-0.2, 0) is 22.6 Å². The molecule has 1 aromatic heterocycles. The number of ether oxygens (including phenoxy) is 1. The van der Waals surface area contributed by atoms with Gasteiger partial charge in [0.25, 0.3) is 0 Å². The molecule has 2 heterocycles. The number of methoxy groups -OCH3 is 1. The Labute approximate surface area is 212 Å². The summed E-state index contributed by atoms with van der Waals surface area (Å²) in [7, 11) is 1.50. The number of nitrogens with zero attached hydrogens (tertiary/aromatic N) is 3. The maximum absolute atomic E-state index is 12.5. The van der Waals surface area contributed by atoms with Crippen LogP contribution in [0, 0.1) is 0 Å². The molecule has 0 bridgehead atoms. The van der Waals surface area contributed by atoms with Gasteiger partial charge in [-0.25, -0.2) is 4.98 Å². The third-order valence-electron chi connectivity index (χ3n) is 6.33. The summed E-state index contributed by atoms with van der Waals surface area (Å²) in [6.45, 7) is 4.27. The number of aryl methyl sites for hydroxylation is 1. The van der Waals surface area contributed by atoms with Gasteiger partial charge in [0.2, 0.25) is 11.8 Å². The normalized spacial score (nSPS) is 13.9. The Hall–Kier alpha value is -3.46. The summed E-state index contributed by atoms with van der Waals surface area (Å²) in [4.78, 5) is 44.0. The van der Waals surface area contributed by atoms with Crippen molar-refractivity contribution in [3.8, 4) is 11.5 Å². The van der Waals surface area contributed by atoms with Crippen molar-refractivity contribution in [1.29, 1.82) is 0 Å². The van der Waals surface area contributed by atoms with Gasteiger partial charge in [0.1, 0.15) is 5.69 Å². The lowest BCUT2D eigenvalue weighted by Crippen LogP contribution is -2.48. The summed E-state index contributed by atoms with van der Waals surface area (Å²) >= 11 is 0. The number of amides is 2. The van der Waals surface area contributed by atoms with Crippen LogP contribution in [0.5, 0.6) is 11.5 Å². The standard InChI is InChI=1S/C27H36N4O5/c1-36-25-18-21(9-11-24(25)33)10-12-26(34)28-13-4-2-3-8-27(35)31-16-14-30(15-17-31)19-22-6-5-7-23(20-32)29-22/h5-7,9,11,18,20,33H,2-4,8,10,12-17,19H2,1H3,(H,28,34). The zero-order chi connectivity index (χ0) is 25.8. The number of aldehydes is 1. The van der Waals surface area contributed by atoms with E-state index in [4.69, 9.17) is 4.74 Å². The zero-order valence-electron chi connectivity index (χ0n) is 20.9. The van der Waals surface area contributed by atoms with Crippen LogP contribution in [0.15, 0.2) is 36.4 Å². The number of carbonyl (C=O) groups is 3. The number of rotatable bonds is 13. The molecule has 36 heavy (non-hydrogen) atoms. The first-order valence-corrected chi connectivity index (χ1v) is 12.5. The van der Waals surface area contributed by atoms with E-state index in [1.165, 1.54) is 7.11 Å². The van der Waals surface area contributed by atoms with Crippen LogP contribution >= 0.6 is 0 Å². The van der Waals surface area contributed by atoms with Crippen molar-refractivity contribution < 1.29 is 24.2 Å². The van der Waals surface area contributed by atoms with Crippen LogP contribution in [0.25, 0.3) is 0 Å². The molecule has 2 N–H and O–H groups in total. The molecule has 0 aliphatic carbocycles. The molecule has 1 fully saturated rings. The zero-order valence-corrected chi connectivity index (χ0v) is 20.9. The largest absolute Gasteiger partial charge is 0.504 e. The number of benzene rings is 1. The predicted octanol–water partition coefficient (Wildman–Crippen LogP) is 2.56. The highest BCUT2D eigenvalue weighted by Crippen LogP contribution is 2.26. The minimum atomic E-state index is -0.0101. The molecule has 194 valence electrons. The van der Waals surface area contributed by atoms with Gasteiger partial charge in [-0.3, -0.25) is 19.3 Å². The van der Waals surface area contributed by atoms with Gasteiger partial charge in [0, 0.05) is 52.1 Å². The molecule has 9 nitrogen and oxygen atoms in total. The second kappa shape index (κ2) is 14.2. The van der Waals surface area contributed by atoms with Gasteiger partial charge in [-0.15, -0.1) is 0 Å². The first-order valence-electron chi connectivity index (χ1n) is 12.5. The van der Waals surface area contributed by atoms with Crippen LogP contribution in [0.1, 0.15) is 53.8 Å². The number of hydrogen-bond donors (Lipinski definition) is 2. The molecule has 1 saturated heterocycles. The summed E-state index contributed by atoms with van der Waals surface area (Å²) in [6, 6.07) is 10.5. The van der Waals surface area contributed by atoms with E-state index in [1.54, 1.807) is 24.3 Å². The van der Waals surface area contributed by atoms with Gasteiger partial charge in [-0.2, -0.15) is 0 Å². The monoisotopic (exact) mass is 496 g/mol. The Morgan fingerprint density at radius 2 is 1.89 bits per heavy atom. The number of carbonyl (C=O) groups excluding carboxylic acids is 3. The Morgan fingerprint density at radius 1 is 1.08 bits per heavy atom. The molecular formula is C27H36N4O5. The van der Waals surface area contributed by atoms with Crippen molar-refractivity contribution >= 4 is 18.1 Å². The molecule has 1 aromatic carbocycles. The van der Waals surface area contributed by atoms with E-state index in [9.17, 15) is 19.5 Å². The number of unbranched alkanes of at least 4 members (excludes halogenated alkanes) is 2. The molecule has 0 saturated carbocycles. The minimum absolute atomic E-state index is 0.0101. The average molecular weight is 497 g/mol. The topological polar surface area (TPSA) is 112 Å². The average Bonchev–Trinajstić information content (AvgIpc) is 2.90. The molecule has 0 spiro atoms. The van der Waals surface area contributed by atoms with Crippen LogP contribution in [0.4, 0.5) is 0 Å². The Morgan fingerprint density at radius 3 is 2.64 bits per heavy atom. The number of nitrogens with one attached hydrogen (secondary N) is 1. The summed E-state index contributed by atoms with van der Waals surface area (Å²) in [5, 5.41) is 12.6. The van der Waals surface area contributed by atoms with Gasteiger partial charge in [0.15, 0.2) is 17.8 Å². The fourth-order valence-electron chi connectivity index (χ4n) is 4.22. The number of aromatic hydroxyl groups is 1. The maximum Gasteiger partial charge on any atom is 0.222 e.